The second-order valence-electron chi connectivity index (χ2n) is 4.40. The van der Waals surface area contributed by atoms with E-state index < -0.39 is 6.10 Å². The molecule has 0 aromatic heterocycles. The molecule has 0 aliphatic heterocycles. The molecule has 2 N–H and O–H groups in total. The number of carbonyl (C=O) groups is 1. The topological polar surface area (TPSA) is 70.9 Å². The summed E-state index contributed by atoms with van der Waals surface area (Å²) in [6.07, 6.45) is 0.844. The zero-order chi connectivity index (χ0) is 15.1. The summed E-state index contributed by atoms with van der Waals surface area (Å²) >= 11 is 0. The molecule has 21 heavy (non-hydrogen) atoms. The van der Waals surface area contributed by atoms with Gasteiger partial charge in [0.05, 0.1) is 6.21 Å². The minimum absolute atomic E-state index is 0.182. The summed E-state index contributed by atoms with van der Waals surface area (Å²) in [5.74, 6) is 0.470. The average molecular weight is 284 g/mol. The standard InChI is InChI=1S/C16H16N2O3/c1-12(21-15-5-3-2-4-6-15)16(20)18-17-11-13-7-9-14(19)10-8-13/h2-12,19H,1H3,(H,18,20). The number of hydrogen-bond acceptors (Lipinski definition) is 4. The number of amides is 1. The highest BCUT2D eigenvalue weighted by Crippen LogP contribution is 2.10. The lowest BCUT2D eigenvalue weighted by molar-refractivity contribution is -0.127. The van der Waals surface area contributed by atoms with Crippen LogP contribution < -0.4 is 10.2 Å². The zero-order valence-corrected chi connectivity index (χ0v) is 11.6. The highest BCUT2D eigenvalue weighted by atomic mass is 16.5. The van der Waals surface area contributed by atoms with Crippen molar-refractivity contribution in [1.82, 2.24) is 5.43 Å². The number of hydrazone groups is 1. The van der Waals surface area contributed by atoms with Gasteiger partial charge >= 0.3 is 0 Å². The molecule has 2 rings (SSSR count). The molecule has 0 saturated heterocycles. The molecule has 0 heterocycles. The number of para-hydroxylation sites is 1. The first-order valence-corrected chi connectivity index (χ1v) is 6.49. The van der Waals surface area contributed by atoms with Gasteiger partial charge in [-0.1, -0.05) is 18.2 Å². The normalized spacial score (nSPS) is 12.0. The third-order valence-electron chi connectivity index (χ3n) is 2.71. The first-order valence-electron chi connectivity index (χ1n) is 6.49. The second kappa shape index (κ2) is 7.09. The highest BCUT2D eigenvalue weighted by Gasteiger charge is 2.13. The Balaban J connectivity index is 1.85. The molecule has 1 amide bonds. The van der Waals surface area contributed by atoms with Gasteiger partial charge in [-0.25, -0.2) is 5.43 Å². The molecule has 0 saturated carbocycles. The summed E-state index contributed by atoms with van der Waals surface area (Å²) in [6, 6.07) is 15.6. The van der Waals surface area contributed by atoms with E-state index >= 15 is 0 Å². The lowest BCUT2D eigenvalue weighted by Crippen LogP contribution is -2.33. The number of benzene rings is 2. The number of rotatable bonds is 5. The average Bonchev–Trinajstić information content (AvgIpc) is 2.50. The van der Waals surface area contributed by atoms with Crippen molar-refractivity contribution >= 4 is 12.1 Å². The van der Waals surface area contributed by atoms with E-state index in [-0.39, 0.29) is 11.7 Å². The molecule has 2 aromatic rings. The summed E-state index contributed by atoms with van der Waals surface area (Å²) in [7, 11) is 0. The van der Waals surface area contributed by atoms with Gasteiger partial charge < -0.3 is 9.84 Å². The molecule has 1 unspecified atom stereocenters. The van der Waals surface area contributed by atoms with E-state index in [1.165, 1.54) is 6.21 Å². The number of carbonyl (C=O) groups excluding carboxylic acids is 1. The predicted octanol–water partition coefficient (Wildman–Crippen LogP) is 2.31. The smallest absolute Gasteiger partial charge is 0.280 e. The van der Waals surface area contributed by atoms with Gasteiger partial charge in [-0.05, 0) is 48.9 Å². The predicted molar refractivity (Wildman–Crippen MR) is 80.4 cm³/mol. The Hall–Kier alpha value is -2.82. The fourth-order valence-electron chi connectivity index (χ4n) is 1.58. The largest absolute Gasteiger partial charge is 0.508 e. The molecule has 0 fully saturated rings. The molecule has 0 spiro atoms. The zero-order valence-electron chi connectivity index (χ0n) is 11.6. The van der Waals surface area contributed by atoms with Crippen LogP contribution in [0.1, 0.15) is 12.5 Å². The number of phenolic OH excluding ortho intramolecular Hbond substituents is 1. The molecule has 0 aliphatic rings. The maximum Gasteiger partial charge on any atom is 0.280 e. The minimum Gasteiger partial charge on any atom is -0.508 e. The Morgan fingerprint density at radius 2 is 1.86 bits per heavy atom. The van der Waals surface area contributed by atoms with Crippen LogP contribution in [-0.4, -0.2) is 23.3 Å². The molecule has 2 aromatic carbocycles. The van der Waals surface area contributed by atoms with Crippen LogP contribution in [0.5, 0.6) is 11.5 Å². The maximum absolute atomic E-state index is 11.8. The fraction of sp³-hybridized carbons (Fsp3) is 0.125. The van der Waals surface area contributed by atoms with E-state index in [1.54, 1.807) is 43.3 Å². The van der Waals surface area contributed by atoms with Gasteiger partial charge in [0.15, 0.2) is 6.10 Å². The van der Waals surface area contributed by atoms with E-state index in [0.29, 0.717) is 5.75 Å². The van der Waals surface area contributed by atoms with Gasteiger partial charge in [-0.15, -0.1) is 0 Å². The number of nitrogens with zero attached hydrogens (tertiary/aromatic N) is 1. The molecule has 0 aliphatic carbocycles. The first kappa shape index (κ1) is 14.6. The van der Waals surface area contributed by atoms with Crippen molar-refractivity contribution in [3.63, 3.8) is 0 Å². The van der Waals surface area contributed by atoms with Crippen LogP contribution in [0, 0.1) is 0 Å². The van der Waals surface area contributed by atoms with Crippen LogP contribution >= 0.6 is 0 Å². The van der Waals surface area contributed by atoms with Crippen LogP contribution in [0.4, 0.5) is 0 Å². The van der Waals surface area contributed by atoms with Crippen molar-refractivity contribution in [2.75, 3.05) is 0 Å². The van der Waals surface area contributed by atoms with Crippen LogP contribution in [-0.2, 0) is 4.79 Å². The lowest BCUT2D eigenvalue weighted by Gasteiger charge is -2.12. The van der Waals surface area contributed by atoms with Gasteiger partial charge in [0.25, 0.3) is 5.91 Å². The van der Waals surface area contributed by atoms with Gasteiger partial charge in [0.1, 0.15) is 11.5 Å². The molecule has 108 valence electrons. The molecule has 5 nitrogen and oxygen atoms in total. The SMILES string of the molecule is CC(Oc1ccccc1)C(=O)NN=Cc1ccc(O)cc1. The summed E-state index contributed by atoms with van der Waals surface area (Å²) < 4.78 is 5.48. The van der Waals surface area contributed by atoms with E-state index in [9.17, 15) is 4.79 Å². The van der Waals surface area contributed by atoms with Crippen molar-refractivity contribution in [2.45, 2.75) is 13.0 Å². The van der Waals surface area contributed by atoms with E-state index in [4.69, 9.17) is 9.84 Å². The Morgan fingerprint density at radius 3 is 2.52 bits per heavy atom. The molecule has 0 bridgehead atoms. The quantitative estimate of drug-likeness (QED) is 0.654. The lowest BCUT2D eigenvalue weighted by atomic mass is 10.2. The third kappa shape index (κ3) is 4.65. The number of ether oxygens (including phenoxy) is 1. The summed E-state index contributed by atoms with van der Waals surface area (Å²) in [4.78, 5) is 11.8. The van der Waals surface area contributed by atoms with E-state index in [0.717, 1.165) is 5.56 Å². The first-order chi connectivity index (χ1) is 10.1. The Morgan fingerprint density at radius 1 is 1.19 bits per heavy atom. The van der Waals surface area contributed by atoms with Crippen molar-refractivity contribution in [3.8, 4) is 11.5 Å². The Labute approximate surface area is 122 Å². The highest BCUT2D eigenvalue weighted by molar-refractivity contribution is 5.84. The summed E-state index contributed by atoms with van der Waals surface area (Å²) in [6.45, 7) is 1.65. The number of aromatic hydroxyl groups is 1. The van der Waals surface area contributed by atoms with Crippen molar-refractivity contribution in [2.24, 2.45) is 5.10 Å². The molecular formula is C16H16N2O3. The van der Waals surface area contributed by atoms with Crippen molar-refractivity contribution in [1.29, 1.82) is 0 Å². The van der Waals surface area contributed by atoms with Crippen molar-refractivity contribution in [3.05, 3.63) is 60.2 Å². The molecule has 0 radical (unpaired) electrons. The summed E-state index contributed by atoms with van der Waals surface area (Å²) in [5, 5.41) is 13.0. The van der Waals surface area contributed by atoms with Crippen LogP contribution in [0.2, 0.25) is 0 Å². The molecule has 1 atom stereocenters. The monoisotopic (exact) mass is 284 g/mol. The maximum atomic E-state index is 11.8. The van der Waals surface area contributed by atoms with E-state index in [1.807, 2.05) is 18.2 Å². The number of phenols is 1. The molecular weight excluding hydrogens is 268 g/mol. The Kier molecular flexibility index (Phi) is 4.93. The minimum atomic E-state index is -0.649. The number of hydrogen-bond donors (Lipinski definition) is 2. The van der Waals surface area contributed by atoms with E-state index in [2.05, 4.69) is 10.5 Å². The van der Waals surface area contributed by atoms with Gasteiger partial charge in [0, 0.05) is 0 Å². The van der Waals surface area contributed by atoms with Gasteiger partial charge in [-0.3, -0.25) is 4.79 Å². The third-order valence-corrected chi connectivity index (χ3v) is 2.71. The van der Waals surface area contributed by atoms with Crippen molar-refractivity contribution < 1.29 is 14.6 Å². The Bertz CT molecular complexity index is 609. The van der Waals surface area contributed by atoms with Crippen LogP contribution in [0.15, 0.2) is 59.7 Å². The van der Waals surface area contributed by atoms with Crippen LogP contribution in [0.25, 0.3) is 0 Å². The summed E-state index contributed by atoms with van der Waals surface area (Å²) in [5.41, 5.74) is 3.18. The van der Waals surface area contributed by atoms with Gasteiger partial charge in [0.2, 0.25) is 0 Å². The second-order valence-corrected chi connectivity index (χ2v) is 4.40. The fourth-order valence-corrected chi connectivity index (χ4v) is 1.58. The molecule has 5 heteroatoms. The van der Waals surface area contributed by atoms with Gasteiger partial charge in [-0.2, -0.15) is 5.10 Å². The number of nitrogens with one attached hydrogen (secondary N) is 1. The van der Waals surface area contributed by atoms with Crippen LogP contribution in [0.3, 0.4) is 0 Å².